The smallest absolute Gasteiger partial charge is 0.263 e. The first-order valence-electron chi connectivity index (χ1n) is 11.8. The lowest BCUT2D eigenvalue weighted by molar-refractivity contribution is -0.139. The van der Waals surface area contributed by atoms with E-state index in [2.05, 4.69) is 19.2 Å². The minimum Gasteiger partial charge on any atom is -0.481 e. The number of hydrogen-bond donors (Lipinski definition) is 1. The zero-order valence-corrected chi connectivity index (χ0v) is 19.6. The van der Waals surface area contributed by atoms with E-state index in [-0.39, 0.29) is 17.9 Å². The van der Waals surface area contributed by atoms with Crippen LogP contribution >= 0.6 is 0 Å². The molecule has 3 aromatic rings. The van der Waals surface area contributed by atoms with Gasteiger partial charge in [-0.3, -0.25) is 9.59 Å². The molecule has 0 aromatic heterocycles. The average molecular weight is 445 g/mol. The van der Waals surface area contributed by atoms with Gasteiger partial charge in [0.25, 0.3) is 11.8 Å². The SMILES string of the molecule is CC(Oc1ccc(C(C)C)cc1)C(=O)N1CCC(NC(=O)c2cccc3ccccc23)CC1. The molecule has 1 atom stereocenters. The van der Waals surface area contributed by atoms with Gasteiger partial charge in [0.1, 0.15) is 5.75 Å². The lowest BCUT2D eigenvalue weighted by atomic mass is 10.0. The Balaban J connectivity index is 1.30. The second kappa shape index (κ2) is 10.1. The van der Waals surface area contributed by atoms with Gasteiger partial charge < -0.3 is 15.0 Å². The Kier molecular flexibility index (Phi) is 6.97. The van der Waals surface area contributed by atoms with Gasteiger partial charge in [0.15, 0.2) is 6.10 Å². The van der Waals surface area contributed by atoms with E-state index in [9.17, 15) is 9.59 Å². The van der Waals surface area contributed by atoms with E-state index < -0.39 is 6.10 Å². The van der Waals surface area contributed by atoms with Crippen LogP contribution < -0.4 is 10.1 Å². The summed E-state index contributed by atoms with van der Waals surface area (Å²) in [7, 11) is 0. The highest BCUT2D eigenvalue weighted by Crippen LogP contribution is 2.22. The summed E-state index contributed by atoms with van der Waals surface area (Å²) >= 11 is 0. The molecule has 5 nitrogen and oxygen atoms in total. The molecule has 0 bridgehead atoms. The lowest BCUT2D eigenvalue weighted by Crippen LogP contribution is -2.49. The molecule has 2 amide bonds. The van der Waals surface area contributed by atoms with Crippen LogP contribution in [0.5, 0.6) is 5.75 Å². The van der Waals surface area contributed by atoms with Crippen LogP contribution in [0.3, 0.4) is 0 Å². The summed E-state index contributed by atoms with van der Waals surface area (Å²) in [5.74, 6) is 1.10. The molecule has 172 valence electrons. The minimum atomic E-state index is -0.545. The van der Waals surface area contributed by atoms with Gasteiger partial charge in [0.2, 0.25) is 0 Å². The molecule has 0 saturated carbocycles. The molecule has 3 aromatic carbocycles. The monoisotopic (exact) mass is 444 g/mol. The standard InChI is InChI=1S/C28H32N2O3/c1-19(2)21-11-13-24(14-12-21)33-20(3)28(32)30-17-15-23(16-18-30)29-27(31)26-10-6-8-22-7-4-5-9-25(22)26/h4-14,19-20,23H,15-18H2,1-3H3,(H,29,31). The number of piperidine rings is 1. The number of carbonyl (C=O) groups excluding carboxylic acids is 2. The molecule has 1 saturated heterocycles. The van der Waals surface area contributed by atoms with Crippen molar-refractivity contribution in [3.63, 3.8) is 0 Å². The van der Waals surface area contributed by atoms with Crippen molar-refractivity contribution in [1.29, 1.82) is 0 Å². The number of rotatable bonds is 6. The van der Waals surface area contributed by atoms with Crippen LogP contribution in [0.2, 0.25) is 0 Å². The fraction of sp³-hybridized carbons (Fsp3) is 0.357. The topological polar surface area (TPSA) is 58.6 Å². The summed E-state index contributed by atoms with van der Waals surface area (Å²) in [4.78, 5) is 27.6. The first kappa shape index (κ1) is 22.8. The van der Waals surface area contributed by atoms with Crippen molar-refractivity contribution < 1.29 is 14.3 Å². The minimum absolute atomic E-state index is 0.0123. The number of nitrogens with zero attached hydrogens (tertiary/aromatic N) is 1. The molecule has 33 heavy (non-hydrogen) atoms. The molecule has 1 fully saturated rings. The lowest BCUT2D eigenvalue weighted by Gasteiger charge is -2.34. The Morgan fingerprint density at radius 3 is 2.27 bits per heavy atom. The Morgan fingerprint density at radius 1 is 0.909 bits per heavy atom. The van der Waals surface area contributed by atoms with E-state index in [0.717, 1.165) is 23.6 Å². The Bertz CT molecular complexity index is 1110. The van der Waals surface area contributed by atoms with Gasteiger partial charge in [-0.05, 0) is 60.2 Å². The molecule has 0 radical (unpaired) electrons. The third-order valence-electron chi connectivity index (χ3n) is 6.38. The Morgan fingerprint density at radius 2 is 1.58 bits per heavy atom. The summed E-state index contributed by atoms with van der Waals surface area (Å²) in [5, 5.41) is 5.17. The van der Waals surface area contributed by atoms with Crippen molar-refractivity contribution in [1.82, 2.24) is 10.2 Å². The van der Waals surface area contributed by atoms with Crippen LogP contribution in [0.15, 0.2) is 66.7 Å². The summed E-state index contributed by atoms with van der Waals surface area (Å²) in [6.45, 7) is 7.32. The number of fused-ring (bicyclic) bond motifs is 1. The number of ether oxygens (including phenoxy) is 1. The van der Waals surface area contributed by atoms with Gasteiger partial charge in [0, 0.05) is 24.7 Å². The second-order valence-electron chi connectivity index (χ2n) is 9.08. The first-order chi connectivity index (χ1) is 15.9. The van der Waals surface area contributed by atoms with Crippen LogP contribution in [0.1, 0.15) is 55.5 Å². The van der Waals surface area contributed by atoms with Gasteiger partial charge in [0.05, 0.1) is 0 Å². The Hall–Kier alpha value is -3.34. The van der Waals surface area contributed by atoms with E-state index in [4.69, 9.17) is 4.74 Å². The zero-order valence-electron chi connectivity index (χ0n) is 19.6. The largest absolute Gasteiger partial charge is 0.481 e. The van der Waals surface area contributed by atoms with Crippen LogP contribution in [-0.4, -0.2) is 41.9 Å². The number of benzene rings is 3. The number of nitrogens with one attached hydrogen (secondary N) is 1. The van der Waals surface area contributed by atoms with Crippen molar-refractivity contribution in [2.24, 2.45) is 0 Å². The molecule has 4 rings (SSSR count). The van der Waals surface area contributed by atoms with Crippen molar-refractivity contribution in [2.45, 2.75) is 51.7 Å². The maximum atomic E-state index is 12.9. The molecule has 0 aliphatic carbocycles. The first-order valence-corrected chi connectivity index (χ1v) is 11.8. The molecule has 1 aliphatic rings. The molecular formula is C28H32N2O3. The van der Waals surface area contributed by atoms with Crippen LogP contribution in [0.25, 0.3) is 10.8 Å². The molecule has 1 heterocycles. The van der Waals surface area contributed by atoms with Crippen LogP contribution in [0.4, 0.5) is 0 Å². The Labute approximate surface area is 195 Å². The van der Waals surface area contributed by atoms with Gasteiger partial charge in [-0.1, -0.05) is 62.4 Å². The van der Waals surface area contributed by atoms with Crippen LogP contribution in [-0.2, 0) is 4.79 Å². The van der Waals surface area contributed by atoms with Crippen molar-refractivity contribution in [2.75, 3.05) is 13.1 Å². The second-order valence-corrected chi connectivity index (χ2v) is 9.08. The maximum Gasteiger partial charge on any atom is 0.263 e. The molecule has 0 spiro atoms. The van der Waals surface area contributed by atoms with E-state index >= 15 is 0 Å². The highest BCUT2D eigenvalue weighted by Gasteiger charge is 2.28. The summed E-state index contributed by atoms with van der Waals surface area (Å²) in [6, 6.07) is 21.7. The van der Waals surface area contributed by atoms with Crippen molar-refractivity contribution in [3.8, 4) is 5.75 Å². The molecule has 1 N–H and O–H groups in total. The van der Waals surface area contributed by atoms with E-state index in [1.165, 1.54) is 5.56 Å². The molecule has 1 aliphatic heterocycles. The van der Waals surface area contributed by atoms with E-state index in [1.54, 1.807) is 6.92 Å². The van der Waals surface area contributed by atoms with Crippen molar-refractivity contribution >= 4 is 22.6 Å². The van der Waals surface area contributed by atoms with Crippen LogP contribution in [0, 0.1) is 0 Å². The summed E-state index contributed by atoms with van der Waals surface area (Å²) in [6.07, 6.45) is 0.924. The summed E-state index contributed by atoms with van der Waals surface area (Å²) in [5.41, 5.74) is 1.94. The number of hydrogen-bond acceptors (Lipinski definition) is 3. The third-order valence-corrected chi connectivity index (χ3v) is 6.38. The highest BCUT2D eigenvalue weighted by atomic mass is 16.5. The molecule has 1 unspecified atom stereocenters. The van der Waals surface area contributed by atoms with Crippen molar-refractivity contribution in [3.05, 3.63) is 77.9 Å². The predicted octanol–water partition coefficient (Wildman–Crippen LogP) is 5.15. The van der Waals surface area contributed by atoms with Gasteiger partial charge in [-0.25, -0.2) is 0 Å². The van der Waals surface area contributed by atoms with E-state index in [1.807, 2.05) is 71.6 Å². The summed E-state index contributed by atoms with van der Waals surface area (Å²) < 4.78 is 5.89. The van der Waals surface area contributed by atoms with E-state index in [0.29, 0.717) is 30.3 Å². The van der Waals surface area contributed by atoms with Gasteiger partial charge in [-0.15, -0.1) is 0 Å². The maximum absolute atomic E-state index is 12.9. The van der Waals surface area contributed by atoms with Gasteiger partial charge in [-0.2, -0.15) is 0 Å². The number of amides is 2. The number of likely N-dealkylation sites (tertiary alicyclic amines) is 1. The third kappa shape index (κ3) is 5.36. The fourth-order valence-electron chi connectivity index (χ4n) is 4.37. The predicted molar refractivity (Wildman–Crippen MR) is 132 cm³/mol. The quantitative estimate of drug-likeness (QED) is 0.572. The highest BCUT2D eigenvalue weighted by molar-refractivity contribution is 6.07. The molecule has 5 heteroatoms. The van der Waals surface area contributed by atoms with Gasteiger partial charge >= 0.3 is 0 Å². The number of carbonyl (C=O) groups is 2. The zero-order chi connectivity index (χ0) is 23.4. The fourth-order valence-corrected chi connectivity index (χ4v) is 4.37. The normalized spacial score (nSPS) is 15.5. The average Bonchev–Trinajstić information content (AvgIpc) is 2.84. The molecular weight excluding hydrogens is 412 g/mol.